The molecule has 4 unspecified atom stereocenters. The van der Waals surface area contributed by atoms with Gasteiger partial charge in [0.25, 0.3) is 0 Å². The van der Waals surface area contributed by atoms with E-state index < -0.39 is 47.5 Å². The predicted octanol–water partition coefficient (Wildman–Crippen LogP) is 3.44. The Kier molecular flexibility index (Phi) is 15.2. The molecule has 0 aromatic heterocycles. The lowest BCUT2D eigenvalue weighted by molar-refractivity contribution is -0.157. The van der Waals surface area contributed by atoms with Crippen LogP contribution in [0.2, 0.25) is 0 Å². The molecule has 0 aliphatic rings. The average molecular weight is 420 g/mol. The first-order valence-corrected chi connectivity index (χ1v) is 9.55. The summed E-state index contributed by atoms with van der Waals surface area (Å²) < 4.78 is 0. The zero-order chi connectivity index (χ0) is 22.9. The fourth-order valence-electron chi connectivity index (χ4n) is 3.48. The summed E-state index contributed by atoms with van der Waals surface area (Å²) >= 11 is 0. The van der Waals surface area contributed by atoms with Gasteiger partial charge in [-0.15, -0.1) is 0 Å². The highest BCUT2D eigenvalue weighted by molar-refractivity contribution is 5.84. The number of carbonyl (C=O) groups is 4. The van der Waals surface area contributed by atoms with Gasteiger partial charge in [0.2, 0.25) is 5.91 Å². The van der Waals surface area contributed by atoms with Gasteiger partial charge in [-0.05, 0) is 23.7 Å². The van der Waals surface area contributed by atoms with Crippen molar-refractivity contribution in [2.75, 3.05) is 0 Å². The van der Waals surface area contributed by atoms with Crippen molar-refractivity contribution in [3.05, 3.63) is 0 Å². The van der Waals surface area contributed by atoms with Gasteiger partial charge in [0, 0.05) is 0 Å². The predicted molar refractivity (Wildman–Crippen MR) is 112 cm³/mol. The lowest BCUT2D eigenvalue weighted by atomic mass is 9.77. The largest absolute Gasteiger partial charge is 0.481 e. The normalized spacial score (nSPS) is 15.0. The molecule has 0 aromatic carbocycles. The average Bonchev–Trinajstić information content (AvgIpc) is 2.47. The Hall–Kier alpha value is -2.12. The minimum Gasteiger partial charge on any atom is -0.481 e. The summed E-state index contributed by atoms with van der Waals surface area (Å²) in [6.45, 7) is 14.1. The summed E-state index contributed by atoms with van der Waals surface area (Å²) in [6, 6.07) is 0. The van der Waals surface area contributed by atoms with Gasteiger partial charge in [0.1, 0.15) is 0 Å². The Balaban J connectivity index is -0.000000451. The molecule has 0 fully saturated rings. The van der Waals surface area contributed by atoms with Crippen molar-refractivity contribution in [2.24, 2.45) is 53.1 Å². The number of aliphatic carboxylic acids is 3. The molecule has 5 N–H and O–H groups in total. The molecule has 8 nitrogen and oxygen atoms in total. The van der Waals surface area contributed by atoms with Crippen LogP contribution >= 0.6 is 0 Å². The number of nitrogens with two attached hydrogens (primary N) is 1. The Bertz CT molecular complexity index is 445. The molecule has 0 spiro atoms. The molecule has 0 saturated heterocycles. The Morgan fingerprint density at radius 2 is 0.690 bits per heavy atom. The molecule has 0 radical (unpaired) electrons. The van der Waals surface area contributed by atoms with Crippen molar-refractivity contribution in [1.82, 2.24) is 0 Å². The molecule has 0 saturated carbocycles. The lowest BCUT2D eigenvalue weighted by Gasteiger charge is -2.27. The van der Waals surface area contributed by atoms with Gasteiger partial charge >= 0.3 is 17.9 Å². The first kappa shape index (κ1) is 31.6. The van der Waals surface area contributed by atoms with E-state index in [0.29, 0.717) is 0 Å². The van der Waals surface area contributed by atoms with Crippen LogP contribution in [-0.4, -0.2) is 39.1 Å². The fourth-order valence-corrected chi connectivity index (χ4v) is 3.48. The zero-order valence-corrected chi connectivity index (χ0v) is 18.2. The summed E-state index contributed by atoms with van der Waals surface area (Å²) in [7, 11) is 0. The SMILES string of the molecule is C.CC(C)C(C(=O)O)C(C(=O)O)C(C)C.CC(C)C(C(N)=O)C(C(=O)O)C(C)C. The molecule has 172 valence electrons. The quantitative estimate of drug-likeness (QED) is 0.422. The summed E-state index contributed by atoms with van der Waals surface area (Å²) in [5.41, 5.74) is 5.21. The van der Waals surface area contributed by atoms with Crippen LogP contribution in [0, 0.1) is 47.3 Å². The van der Waals surface area contributed by atoms with Gasteiger partial charge in [0.05, 0.1) is 23.7 Å². The smallest absolute Gasteiger partial charge is 0.307 e. The van der Waals surface area contributed by atoms with Crippen molar-refractivity contribution in [3.8, 4) is 0 Å². The summed E-state index contributed by atoms with van der Waals surface area (Å²) in [5.74, 6) is -6.91. The van der Waals surface area contributed by atoms with Crippen LogP contribution in [0.15, 0.2) is 0 Å². The number of carboxylic acid groups (broad SMARTS) is 3. The van der Waals surface area contributed by atoms with Gasteiger partial charge in [-0.3, -0.25) is 19.2 Å². The minimum absolute atomic E-state index is 0. The van der Waals surface area contributed by atoms with E-state index in [-0.39, 0.29) is 31.1 Å². The van der Waals surface area contributed by atoms with Crippen LogP contribution in [-0.2, 0) is 19.2 Å². The van der Waals surface area contributed by atoms with Crippen molar-refractivity contribution in [1.29, 1.82) is 0 Å². The fraction of sp³-hybridized carbons (Fsp3) is 0.810. The van der Waals surface area contributed by atoms with Crippen LogP contribution in [0.25, 0.3) is 0 Å². The van der Waals surface area contributed by atoms with Gasteiger partial charge < -0.3 is 21.1 Å². The van der Waals surface area contributed by atoms with Crippen molar-refractivity contribution in [3.63, 3.8) is 0 Å². The number of rotatable bonds is 10. The number of hydrogen-bond donors (Lipinski definition) is 4. The van der Waals surface area contributed by atoms with Crippen LogP contribution in [0.5, 0.6) is 0 Å². The van der Waals surface area contributed by atoms with Crippen LogP contribution < -0.4 is 5.73 Å². The Morgan fingerprint density at radius 1 is 0.517 bits per heavy atom. The third-order valence-electron chi connectivity index (χ3n) is 4.83. The van der Waals surface area contributed by atoms with E-state index in [0.717, 1.165) is 0 Å². The molecule has 0 heterocycles. The summed E-state index contributed by atoms with van der Waals surface area (Å²) in [6.07, 6.45) is 0. The van der Waals surface area contributed by atoms with Crippen molar-refractivity contribution >= 4 is 23.8 Å². The second kappa shape index (κ2) is 14.0. The van der Waals surface area contributed by atoms with E-state index in [1.807, 2.05) is 13.8 Å². The maximum Gasteiger partial charge on any atom is 0.307 e. The first-order valence-electron chi connectivity index (χ1n) is 9.55. The molecule has 0 aliphatic heterocycles. The number of hydrogen-bond acceptors (Lipinski definition) is 4. The zero-order valence-electron chi connectivity index (χ0n) is 18.2. The van der Waals surface area contributed by atoms with E-state index in [2.05, 4.69) is 0 Å². The van der Waals surface area contributed by atoms with E-state index in [1.54, 1.807) is 41.5 Å². The van der Waals surface area contributed by atoms with Crippen LogP contribution in [0.4, 0.5) is 0 Å². The summed E-state index contributed by atoms with van der Waals surface area (Å²) in [5, 5.41) is 26.9. The van der Waals surface area contributed by atoms with Crippen molar-refractivity contribution < 1.29 is 34.5 Å². The number of carboxylic acids is 3. The van der Waals surface area contributed by atoms with Gasteiger partial charge in [-0.1, -0.05) is 62.8 Å². The second-order valence-electron chi connectivity index (χ2n) is 8.50. The van der Waals surface area contributed by atoms with E-state index in [4.69, 9.17) is 21.1 Å². The van der Waals surface area contributed by atoms with Gasteiger partial charge in [-0.25, -0.2) is 0 Å². The molecule has 1 amide bonds. The Morgan fingerprint density at radius 3 is 0.759 bits per heavy atom. The Labute approximate surface area is 174 Å². The third kappa shape index (κ3) is 10.3. The molecule has 0 aromatic rings. The summed E-state index contributed by atoms with van der Waals surface area (Å²) in [4.78, 5) is 44.0. The van der Waals surface area contributed by atoms with E-state index >= 15 is 0 Å². The highest BCUT2D eigenvalue weighted by atomic mass is 16.4. The number of amides is 1. The highest BCUT2D eigenvalue weighted by Gasteiger charge is 2.38. The maximum atomic E-state index is 11.2. The van der Waals surface area contributed by atoms with E-state index in [1.165, 1.54) is 0 Å². The molecular formula is C21H41NO7. The van der Waals surface area contributed by atoms with Crippen molar-refractivity contribution in [2.45, 2.75) is 62.8 Å². The molecule has 0 aliphatic carbocycles. The van der Waals surface area contributed by atoms with Crippen LogP contribution in [0.3, 0.4) is 0 Å². The first-order chi connectivity index (χ1) is 12.6. The lowest BCUT2D eigenvalue weighted by Crippen LogP contribution is -2.40. The second-order valence-corrected chi connectivity index (χ2v) is 8.50. The van der Waals surface area contributed by atoms with Gasteiger partial charge in [0.15, 0.2) is 0 Å². The number of carbonyl (C=O) groups excluding carboxylic acids is 1. The standard InChI is InChI=1S/C10H19NO3.C10H18O4.CH4/c2*1-5(2)7(9(11)12)8(6(3)4)10(13)14;/h5-8H,1-4H3,(H2,11,12)(H,13,14);5-8H,1-4H3,(H,11,12)(H,13,14);1H4. The van der Waals surface area contributed by atoms with Gasteiger partial charge in [-0.2, -0.15) is 0 Å². The van der Waals surface area contributed by atoms with E-state index in [9.17, 15) is 19.2 Å². The highest BCUT2D eigenvalue weighted by Crippen LogP contribution is 2.28. The molecular weight excluding hydrogens is 378 g/mol. The third-order valence-corrected chi connectivity index (χ3v) is 4.83. The minimum atomic E-state index is -1.03. The van der Waals surface area contributed by atoms with Crippen LogP contribution in [0.1, 0.15) is 62.8 Å². The molecule has 29 heavy (non-hydrogen) atoms. The number of primary amides is 1. The molecule has 8 heteroatoms. The molecule has 4 atom stereocenters. The topological polar surface area (TPSA) is 155 Å². The molecule has 0 rings (SSSR count). The molecule has 0 bridgehead atoms. The monoisotopic (exact) mass is 419 g/mol. The maximum absolute atomic E-state index is 11.2.